The Hall–Kier alpha value is -2.85. The smallest absolute Gasteiger partial charge is 0.337 e. The van der Waals surface area contributed by atoms with Gasteiger partial charge in [0.25, 0.3) is 0 Å². The molecule has 2 N–H and O–H groups in total. The average Bonchev–Trinajstić information content (AvgIpc) is 2.92. The van der Waals surface area contributed by atoms with Gasteiger partial charge in [-0.2, -0.15) is 0 Å². The minimum atomic E-state index is -0.867. The van der Waals surface area contributed by atoms with Gasteiger partial charge in [0, 0.05) is 36.1 Å². The van der Waals surface area contributed by atoms with Crippen molar-refractivity contribution in [2.75, 3.05) is 0 Å². The molecule has 28 heavy (non-hydrogen) atoms. The molecule has 0 saturated heterocycles. The number of benzene rings is 2. The zero-order valence-electron chi connectivity index (χ0n) is 17.0. The Morgan fingerprint density at radius 3 is 2.29 bits per heavy atom. The van der Waals surface area contributed by atoms with E-state index in [1.54, 1.807) is 0 Å². The van der Waals surface area contributed by atoms with Crippen molar-refractivity contribution in [1.82, 2.24) is 9.88 Å². The number of aryl methyl sites for hydroxylation is 1. The molecule has 0 unspecified atom stereocenters. The predicted molar refractivity (Wildman–Crippen MR) is 113 cm³/mol. The van der Waals surface area contributed by atoms with Gasteiger partial charge in [-0.05, 0) is 44.4 Å². The van der Waals surface area contributed by atoms with E-state index in [4.69, 9.17) is 0 Å². The number of hydrogen-bond acceptors (Lipinski definition) is 2. The summed E-state index contributed by atoms with van der Waals surface area (Å²) < 4.78 is 2.12. The summed E-state index contributed by atoms with van der Waals surface area (Å²) in [6.07, 6.45) is 0. The maximum atomic E-state index is 12.0. The molecule has 0 radical (unpaired) electrons. The molecule has 1 heterocycles. The Balaban J connectivity index is 1.90. The first-order valence-electron chi connectivity index (χ1n) is 9.64. The maximum absolute atomic E-state index is 12.0. The fourth-order valence-corrected chi connectivity index (χ4v) is 3.76. The van der Waals surface area contributed by atoms with E-state index in [1.165, 1.54) is 16.7 Å². The van der Waals surface area contributed by atoms with Crippen LogP contribution in [0.25, 0.3) is 0 Å². The third-order valence-electron chi connectivity index (χ3n) is 5.60. The molecule has 3 rings (SSSR count). The summed E-state index contributed by atoms with van der Waals surface area (Å²) in [6, 6.07) is 18.6. The number of carbonyl (C=O) groups is 1. The molecular formula is C24H28N2O2. The first-order chi connectivity index (χ1) is 13.4. The highest BCUT2D eigenvalue weighted by atomic mass is 16.4. The number of rotatable bonds is 7. The van der Waals surface area contributed by atoms with Crippen LogP contribution in [0.1, 0.15) is 57.0 Å². The fourth-order valence-electron chi connectivity index (χ4n) is 3.76. The van der Waals surface area contributed by atoms with Gasteiger partial charge in [0.1, 0.15) is 0 Å². The molecule has 4 heteroatoms. The number of aromatic nitrogens is 1. The van der Waals surface area contributed by atoms with Crippen LogP contribution in [0.15, 0.2) is 54.6 Å². The number of aromatic carboxylic acids is 1. The van der Waals surface area contributed by atoms with Gasteiger partial charge in [0.05, 0.1) is 5.56 Å². The molecule has 0 aliphatic rings. The molecule has 1 atom stereocenters. The Bertz CT molecular complexity index is 974. The molecule has 0 aliphatic heterocycles. The van der Waals surface area contributed by atoms with Gasteiger partial charge in [-0.25, -0.2) is 4.79 Å². The van der Waals surface area contributed by atoms with Gasteiger partial charge in [-0.15, -0.1) is 0 Å². The van der Waals surface area contributed by atoms with Gasteiger partial charge in [0.2, 0.25) is 0 Å². The molecule has 2 aromatic carbocycles. The number of hydrogen-bond donors (Lipinski definition) is 2. The quantitative estimate of drug-likeness (QED) is 0.609. The second-order valence-electron chi connectivity index (χ2n) is 7.36. The van der Waals surface area contributed by atoms with Crippen molar-refractivity contribution >= 4 is 5.97 Å². The summed E-state index contributed by atoms with van der Waals surface area (Å²) in [5.41, 5.74) is 6.69. The van der Waals surface area contributed by atoms with E-state index in [1.807, 2.05) is 44.2 Å². The molecule has 0 amide bonds. The van der Waals surface area contributed by atoms with E-state index in [0.29, 0.717) is 18.7 Å². The van der Waals surface area contributed by atoms with Gasteiger partial charge >= 0.3 is 5.97 Å². The van der Waals surface area contributed by atoms with Crippen LogP contribution in [-0.4, -0.2) is 15.6 Å². The van der Waals surface area contributed by atoms with Crippen molar-refractivity contribution in [2.24, 2.45) is 0 Å². The van der Waals surface area contributed by atoms with Crippen LogP contribution < -0.4 is 5.32 Å². The Morgan fingerprint density at radius 2 is 1.64 bits per heavy atom. The Kier molecular flexibility index (Phi) is 6.00. The first kappa shape index (κ1) is 19.9. The lowest BCUT2D eigenvalue weighted by Gasteiger charge is -2.15. The molecule has 1 aromatic heterocycles. The molecule has 0 aliphatic carbocycles. The Morgan fingerprint density at radius 1 is 1.00 bits per heavy atom. The van der Waals surface area contributed by atoms with Gasteiger partial charge < -0.3 is 15.0 Å². The monoisotopic (exact) mass is 376 g/mol. The zero-order chi connectivity index (χ0) is 20.3. The second-order valence-corrected chi connectivity index (χ2v) is 7.36. The number of carboxylic acids is 1. The highest BCUT2D eigenvalue weighted by Gasteiger charge is 2.23. The first-order valence-corrected chi connectivity index (χ1v) is 9.64. The molecule has 0 spiro atoms. The van der Waals surface area contributed by atoms with Crippen LogP contribution in [0.4, 0.5) is 0 Å². The SMILES string of the molecule is Cc1ccccc1Cn1c(C)c(CN[C@H](C)c2ccccc2)c(C(=O)O)c1C. The minimum absolute atomic E-state index is 0.141. The van der Waals surface area contributed by atoms with Crippen LogP contribution in [0, 0.1) is 20.8 Å². The lowest BCUT2D eigenvalue weighted by Crippen LogP contribution is -2.19. The second kappa shape index (κ2) is 8.44. The van der Waals surface area contributed by atoms with E-state index in [9.17, 15) is 9.90 Å². The van der Waals surface area contributed by atoms with E-state index < -0.39 is 5.97 Å². The number of carboxylic acid groups (broad SMARTS) is 1. The number of nitrogens with zero attached hydrogens (tertiary/aromatic N) is 1. The minimum Gasteiger partial charge on any atom is -0.478 e. The van der Waals surface area contributed by atoms with Crippen LogP contribution in [-0.2, 0) is 13.1 Å². The molecule has 0 fully saturated rings. The average molecular weight is 377 g/mol. The normalized spacial score (nSPS) is 12.1. The van der Waals surface area contributed by atoms with E-state index in [-0.39, 0.29) is 6.04 Å². The van der Waals surface area contributed by atoms with Crippen LogP contribution >= 0.6 is 0 Å². The lowest BCUT2D eigenvalue weighted by atomic mass is 10.1. The highest BCUT2D eigenvalue weighted by molar-refractivity contribution is 5.91. The standard InChI is InChI=1S/C24H28N2O2/c1-16-10-8-9-13-21(16)15-26-18(3)22(23(19(26)4)24(27)28)14-25-17(2)20-11-6-5-7-12-20/h5-13,17,25H,14-15H2,1-4H3,(H,27,28)/t17-/m1/s1. The molecule has 0 bridgehead atoms. The lowest BCUT2D eigenvalue weighted by molar-refractivity contribution is 0.0694. The molecule has 0 saturated carbocycles. The summed E-state index contributed by atoms with van der Waals surface area (Å²) in [7, 11) is 0. The summed E-state index contributed by atoms with van der Waals surface area (Å²) >= 11 is 0. The third-order valence-corrected chi connectivity index (χ3v) is 5.60. The van der Waals surface area contributed by atoms with Crippen molar-refractivity contribution in [2.45, 2.75) is 46.8 Å². The van der Waals surface area contributed by atoms with E-state index >= 15 is 0 Å². The van der Waals surface area contributed by atoms with Gasteiger partial charge in [-0.3, -0.25) is 0 Å². The van der Waals surface area contributed by atoms with Crippen molar-refractivity contribution in [3.8, 4) is 0 Å². The molecule has 146 valence electrons. The fraction of sp³-hybridized carbons (Fsp3) is 0.292. The summed E-state index contributed by atoms with van der Waals surface area (Å²) in [5, 5.41) is 13.3. The largest absolute Gasteiger partial charge is 0.478 e. The van der Waals surface area contributed by atoms with Crippen molar-refractivity contribution in [3.63, 3.8) is 0 Å². The van der Waals surface area contributed by atoms with Crippen LogP contribution in [0.3, 0.4) is 0 Å². The third kappa shape index (κ3) is 4.02. The van der Waals surface area contributed by atoms with E-state index in [2.05, 4.69) is 48.0 Å². The van der Waals surface area contributed by atoms with Gasteiger partial charge in [-0.1, -0.05) is 54.6 Å². The molecule has 4 nitrogen and oxygen atoms in total. The molecule has 3 aromatic rings. The zero-order valence-corrected chi connectivity index (χ0v) is 17.0. The molecular weight excluding hydrogens is 348 g/mol. The van der Waals surface area contributed by atoms with Crippen molar-refractivity contribution < 1.29 is 9.90 Å². The number of nitrogens with one attached hydrogen (secondary N) is 1. The summed E-state index contributed by atoms with van der Waals surface area (Å²) in [4.78, 5) is 12.0. The van der Waals surface area contributed by atoms with Crippen LogP contribution in [0.5, 0.6) is 0 Å². The Labute approximate surface area is 166 Å². The summed E-state index contributed by atoms with van der Waals surface area (Å²) in [5.74, 6) is -0.867. The highest BCUT2D eigenvalue weighted by Crippen LogP contribution is 2.25. The summed E-state index contributed by atoms with van der Waals surface area (Å²) in [6.45, 7) is 9.30. The van der Waals surface area contributed by atoms with Gasteiger partial charge in [0.15, 0.2) is 0 Å². The van der Waals surface area contributed by atoms with Crippen molar-refractivity contribution in [3.05, 3.63) is 93.8 Å². The van der Waals surface area contributed by atoms with Crippen LogP contribution in [0.2, 0.25) is 0 Å². The predicted octanol–water partition coefficient (Wildman–Crippen LogP) is 5.01. The van der Waals surface area contributed by atoms with Crippen molar-refractivity contribution in [1.29, 1.82) is 0 Å². The van der Waals surface area contributed by atoms with E-state index in [0.717, 1.165) is 17.0 Å². The maximum Gasteiger partial charge on any atom is 0.337 e. The topological polar surface area (TPSA) is 54.3 Å².